The monoisotopic (exact) mass is 290 g/mol. The molecule has 2 aromatic rings. The number of nitrogens with zero attached hydrogens (tertiary/aromatic N) is 2. The molecule has 8 heteroatoms. The molecule has 0 fully saturated rings. The second-order valence-corrected chi connectivity index (χ2v) is 4.43. The quantitative estimate of drug-likeness (QED) is 0.849. The van der Waals surface area contributed by atoms with Crippen LogP contribution >= 0.6 is 23.2 Å². The summed E-state index contributed by atoms with van der Waals surface area (Å²) in [6, 6.07) is 2.48. The first kappa shape index (κ1) is 13.1. The molecule has 0 bridgehead atoms. The zero-order chi connectivity index (χ0) is 13.3. The van der Waals surface area contributed by atoms with Crippen LogP contribution in [0.5, 0.6) is 0 Å². The predicted molar refractivity (Wildman–Crippen MR) is 66.6 cm³/mol. The van der Waals surface area contributed by atoms with Gasteiger partial charge < -0.3 is 15.5 Å². The molecule has 1 atom stereocenters. The van der Waals surface area contributed by atoms with Crippen molar-refractivity contribution in [3.8, 4) is 0 Å². The summed E-state index contributed by atoms with van der Waals surface area (Å²) in [5.74, 6) is -0.387. The Bertz CT molecular complexity index is 550. The maximum Gasteiger partial charge on any atom is 0.320 e. The van der Waals surface area contributed by atoms with Gasteiger partial charge in [-0.25, -0.2) is 4.39 Å². The average molecular weight is 291 g/mol. The summed E-state index contributed by atoms with van der Waals surface area (Å²) >= 11 is 11.3. The summed E-state index contributed by atoms with van der Waals surface area (Å²) in [6.07, 6.45) is 0. The van der Waals surface area contributed by atoms with E-state index in [1.807, 2.05) is 0 Å². The van der Waals surface area contributed by atoms with Crippen molar-refractivity contribution in [3.05, 3.63) is 33.9 Å². The lowest BCUT2D eigenvalue weighted by atomic mass is 10.3. The topological polar surface area (TPSA) is 77.0 Å². The van der Waals surface area contributed by atoms with Crippen molar-refractivity contribution in [1.82, 2.24) is 10.2 Å². The van der Waals surface area contributed by atoms with Crippen molar-refractivity contribution in [2.45, 2.75) is 13.0 Å². The third kappa shape index (κ3) is 2.72. The zero-order valence-corrected chi connectivity index (χ0v) is 10.8. The molecule has 0 aliphatic heterocycles. The number of hydrogen-bond acceptors (Lipinski definition) is 5. The van der Waals surface area contributed by atoms with Gasteiger partial charge in [-0.2, -0.15) is 0 Å². The molecule has 0 radical (unpaired) electrons. The lowest BCUT2D eigenvalue weighted by Crippen LogP contribution is -2.04. The van der Waals surface area contributed by atoms with Crippen LogP contribution in [0.1, 0.15) is 18.9 Å². The molecule has 0 aliphatic carbocycles. The van der Waals surface area contributed by atoms with Crippen LogP contribution in [-0.2, 0) is 0 Å². The Morgan fingerprint density at radius 1 is 1.33 bits per heavy atom. The minimum absolute atomic E-state index is 0.100. The van der Waals surface area contributed by atoms with Crippen LogP contribution in [0.25, 0.3) is 0 Å². The summed E-state index contributed by atoms with van der Waals surface area (Å²) in [6.45, 7) is 1.71. The third-order valence-corrected chi connectivity index (χ3v) is 2.62. The standard InChI is InChI=1S/C10H9Cl2FN4O/c1-4(14)9-16-17-10(18-9)15-5-2-6(11)8(13)7(12)3-5/h2-4H,14H2,1H3,(H,15,17). The van der Waals surface area contributed by atoms with Crippen molar-refractivity contribution >= 4 is 34.9 Å². The fourth-order valence-electron chi connectivity index (χ4n) is 1.22. The SMILES string of the molecule is CC(N)c1nnc(Nc2cc(Cl)c(F)c(Cl)c2)o1. The highest BCUT2D eigenvalue weighted by Gasteiger charge is 2.12. The summed E-state index contributed by atoms with van der Waals surface area (Å²) in [5.41, 5.74) is 6.01. The van der Waals surface area contributed by atoms with Crippen molar-refractivity contribution in [2.24, 2.45) is 5.73 Å². The second-order valence-electron chi connectivity index (χ2n) is 3.61. The highest BCUT2D eigenvalue weighted by molar-refractivity contribution is 6.35. The van der Waals surface area contributed by atoms with Gasteiger partial charge in [-0.1, -0.05) is 28.3 Å². The number of nitrogens with one attached hydrogen (secondary N) is 1. The van der Waals surface area contributed by atoms with Crippen molar-refractivity contribution in [3.63, 3.8) is 0 Å². The van der Waals surface area contributed by atoms with E-state index in [1.54, 1.807) is 6.92 Å². The normalized spacial score (nSPS) is 12.5. The molecule has 2 rings (SSSR count). The molecule has 1 heterocycles. The van der Waals surface area contributed by atoms with Gasteiger partial charge in [-0.05, 0) is 19.1 Å². The van der Waals surface area contributed by atoms with E-state index in [0.29, 0.717) is 5.69 Å². The molecule has 1 aromatic heterocycles. The molecule has 1 unspecified atom stereocenters. The average Bonchev–Trinajstić information content (AvgIpc) is 2.74. The molecule has 5 nitrogen and oxygen atoms in total. The second kappa shape index (κ2) is 5.09. The van der Waals surface area contributed by atoms with Gasteiger partial charge >= 0.3 is 6.01 Å². The van der Waals surface area contributed by atoms with Gasteiger partial charge in [0.15, 0.2) is 5.82 Å². The number of aromatic nitrogens is 2. The fourth-order valence-corrected chi connectivity index (χ4v) is 1.71. The summed E-state index contributed by atoms with van der Waals surface area (Å²) in [5, 5.41) is 10.0. The van der Waals surface area contributed by atoms with Gasteiger partial charge in [0.1, 0.15) is 0 Å². The van der Waals surface area contributed by atoms with Crippen LogP contribution in [-0.4, -0.2) is 10.2 Å². The number of hydrogen-bond donors (Lipinski definition) is 2. The maximum absolute atomic E-state index is 13.2. The van der Waals surface area contributed by atoms with E-state index in [4.69, 9.17) is 33.4 Å². The highest BCUT2D eigenvalue weighted by Crippen LogP contribution is 2.28. The minimum Gasteiger partial charge on any atom is -0.406 e. The van der Waals surface area contributed by atoms with E-state index in [-0.39, 0.29) is 28.0 Å². The molecule has 0 spiro atoms. The van der Waals surface area contributed by atoms with E-state index in [2.05, 4.69) is 15.5 Å². The van der Waals surface area contributed by atoms with Crippen LogP contribution in [0.4, 0.5) is 16.1 Å². The van der Waals surface area contributed by atoms with Gasteiger partial charge in [0.25, 0.3) is 0 Å². The predicted octanol–water partition coefficient (Wildman–Crippen LogP) is 3.28. The first-order chi connectivity index (χ1) is 8.47. The van der Waals surface area contributed by atoms with Crippen LogP contribution in [0.2, 0.25) is 10.0 Å². The fraction of sp³-hybridized carbons (Fsp3) is 0.200. The lowest BCUT2D eigenvalue weighted by molar-refractivity contribution is 0.475. The lowest BCUT2D eigenvalue weighted by Gasteiger charge is -2.04. The van der Waals surface area contributed by atoms with Crippen LogP contribution in [0.15, 0.2) is 16.5 Å². The molecule has 3 N–H and O–H groups in total. The first-order valence-corrected chi connectivity index (χ1v) is 5.73. The van der Waals surface area contributed by atoms with E-state index in [1.165, 1.54) is 12.1 Å². The van der Waals surface area contributed by atoms with Crippen molar-refractivity contribution in [1.29, 1.82) is 0 Å². The van der Waals surface area contributed by atoms with Crippen LogP contribution in [0, 0.1) is 5.82 Å². The number of nitrogens with two attached hydrogens (primary N) is 1. The van der Waals surface area contributed by atoms with E-state index < -0.39 is 5.82 Å². The number of rotatable bonds is 3. The minimum atomic E-state index is -0.675. The van der Waals surface area contributed by atoms with Gasteiger partial charge in [-0.3, -0.25) is 0 Å². The third-order valence-electron chi connectivity index (χ3n) is 2.07. The Hall–Kier alpha value is -1.37. The van der Waals surface area contributed by atoms with E-state index in [9.17, 15) is 4.39 Å². The molecule has 1 aromatic carbocycles. The Morgan fingerprint density at radius 2 is 1.94 bits per heavy atom. The zero-order valence-electron chi connectivity index (χ0n) is 9.25. The van der Waals surface area contributed by atoms with Gasteiger partial charge in [0.05, 0.1) is 16.1 Å². The highest BCUT2D eigenvalue weighted by atomic mass is 35.5. The van der Waals surface area contributed by atoms with Gasteiger partial charge in [0, 0.05) is 5.69 Å². The Morgan fingerprint density at radius 3 is 2.44 bits per heavy atom. The van der Waals surface area contributed by atoms with Crippen LogP contribution in [0.3, 0.4) is 0 Å². The smallest absolute Gasteiger partial charge is 0.320 e. The molecular formula is C10H9Cl2FN4O. The maximum atomic E-state index is 13.2. The molecule has 0 saturated heterocycles. The first-order valence-electron chi connectivity index (χ1n) is 4.98. The van der Waals surface area contributed by atoms with Gasteiger partial charge in [-0.15, -0.1) is 5.10 Å². The molecular weight excluding hydrogens is 282 g/mol. The number of halogens is 3. The summed E-state index contributed by atoms with van der Waals surface area (Å²) in [4.78, 5) is 0. The van der Waals surface area contributed by atoms with Crippen molar-refractivity contribution in [2.75, 3.05) is 5.32 Å². The largest absolute Gasteiger partial charge is 0.406 e. The number of benzene rings is 1. The Kier molecular flexibility index (Phi) is 3.70. The molecule has 0 amide bonds. The van der Waals surface area contributed by atoms with Gasteiger partial charge in [0.2, 0.25) is 5.89 Å². The van der Waals surface area contributed by atoms with E-state index in [0.717, 1.165) is 0 Å². The molecule has 18 heavy (non-hydrogen) atoms. The Labute approximate surface area is 112 Å². The summed E-state index contributed by atoms with van der Waals surface area (Å²) < 4.78 is 18.4. The number of anilines is 2. The van der Waals surface area contributed by atoms with E-state index >= 15 is 0 Å². The molecule has 96 valence electrons. The van der Waals surface area contributed by atoms with Crippen molar-refractivity contribution < 1.29 is 8.81 Å². The Balaban J connectivity index is 2.23. The molecule has 0 saturated carbocycles. The van der Waals surface area contributed by atoms with Crippen LogP contribution < -0.4 is 11.1 Å². The molecule has 0 aliphatic rings. The summed E-state index contributed by atoms with van der Waals surface area (Å²) in [7, 11) is 0.